The predicted molar refractivity (Wildman–Crippen MR) is 170 cm³/mol. The molecule has 1 fully saturated rings. The molecule has 10 heteroatoms. The van der Waals surface area contributed by atoms with Gasteiger partial charge in [0.1, 0.15) is 6.61 Å². The van der Waals surface area contributed by atoms with Gasteiger partial charge in [-0.1, -0.05) is 78.9 Å². The van der Waals surface area contributed by atoms with Gasteiger partial charge >= 0.3 is 6.09 Å². The van der Waals surface area contributed by atoms with Gasteiger partial charge in [0, 0.05) is 18.6 Å². The molecule has 0 unspecified atom stereocenters. The highest BCUT2D eigenvalue weighted by Gasteiger charge is 2.41. The molecule has 0 aromatic heterocycles. The Morgan fingerprint density at radius 2 is 1.50 bits per heavy atom. The van der Waals surface area contributed by atoms with E-state index in [9.17, 15) is 23.1 Å². The number of aliphatic hydroxyl groups is 1. The molecule has 3 N–H and O–H groups in total. The number of amides is 2. The van der Waals surface area contributed by atoms with E-state index in [-0.39, 0.29) is 36.9 Å². The van der Waals surface area contributed by atoms with E-state index in [4.69, 9.17) is 4.74 Å². The molecule has 0 radical (unpaired) electrons. The normalized spacial score (nSPS) is 19.0. The number of nitrogens with one attached hydrogen (secondary N) is 2. The third-order valence-corrected chi connectivity index (χ3v) is 9.91. The second-order valence-electron chi connectivity index (χ2n) is 12.3. The molecular weight excluding hydrogens is 578 g/mol. The van der Waals surface area contributed by atoms with Crippen LogP contribution in [0.1, 0.15) is 44.7 Å². The van der Waals surface area contributed by atoms with Crippen molar-refractivity contribution in [1.82, 2.24) is 15.5 Å². The van der Waals surface area contributed by atoms with Crippen LogP contribution in [0.25, 0.3) is 0 Å². The molecule has 0 spiro atoms. The van der Waals surface area contributed by atoms with Crippen LogP contribution in [0.15, 0.2) is 95.9 Å². The van der Waals surface area contributed by atoms with E-state index in [0.29, 0.717) is 12.8 Å². The van der Waals surface area contributed by atoms with Gasteiger partial charge in [-0.05, 0) is 63.3 Å². The molecule has 4 atom stereocenters. The van der Waals surface area contributed by atoms with E-state index in [1.165, 1.54) is 0 Å². The van der Waals surface area contributed by atoms with Gasteiger partial charge in [-0.3, -0.25) is 9.69 Å². The maximum absolute atomic E-state index is 13.6. The monoisotopic (exact) mass is 621 g/mol. The lowest BCUT2D eigenvalue weighted by Gasteiger charge is -2.41. The number of nitrogens with zero attached hydrogens (tertiary/aromatic N) is 1. The third kappa shape index (κ3) is 9.38. The smallest absolute Gasteiger partial charge is 0.407 e. The molecule has 3 aromatic carbocycles. The number of carbonyl (C=O) groups is 2. The van der Waals surface area contributed by atoms with Gasteiger partial charge in [0.25, 0.3) is 0 Å². The summed E-state index contributed by atoms with van der Waals surface area (Å²) in [7, 11) is -3.67. The molecule has 44 heavy (non-hydrogen) atoms. The van der Waals surface area contributed by atoms with Gasteiger partial charge in [0.15, 0.2) is 9.84 Å². The number of β-amino-alcohol motifs (C(OH)–C–C–N with tert-alkyl or cyclic N) is 1. The van der Waals surface area contributed by atoms with Crippen molar-refractivity contribution in [2.45, 2.75) is 80.5 Å². The second kappa shape index (κ2) is 14.8. The Morgan fingerprint density at radius 1 is 0.932 bits per heavy atom. The maximum Gasteiger partial charge on any atom is 0.407 e. The van der Waals surface area contributed by atoms with Crippen molar-refractivity contribution in [3.63, 3.8) is 0 Å². The standard InChI is InChI=1S/C34H43N3O6S/c1-34(2,3)36-32(39)30-22-28(44(41,42)27-17-11-6-12-18-27)19-20-37(30)23-31(38)29(21-25-13-7-4-8-14-25)35-33(40)43-24-26-15-9-5-10-16-26/h4-18,28-31,38H,19-24H2,1-3H3,(H,35,40)(H,36,39)/t28-,29+,30+,31-/m1/s1. The minimum atomic E-state index is -3.67. The van der Waals surface area contributed by atoms with Crippen molar-refractivity contribution >= 4 is 21.8 Å². The van der Waals surface area contributed by atoms with E-state index < -0.39 is 44.9 Å². The van der Waals surface area contributed by atoms with Gasteiger partial charge < -0.3 is 20.5 Å². The highest BCUT2D eigenvalue weighted by Crippen LogP contribution is 2.29. The zero-order chi connectivity index (χ0) is 31.7. The highest BCUT2D eigenvalue weighted by atomic mass is 32.2. The fourth-order valence-electron chi connectivity index (χ4n) is 5.45. The lowest BCUT2D eigenvalue weighted by molar-refractivity contribution is -0.129. The average Bonchev–Trinajstić information content (AvgIpc) is 3.00. The first-order chi connectivity index (χ1) is 20.9. The summed E-state index contributed by atoms with van der Waals surface area (Å²) in [6.45, 7) is 6.02. The minimum absolute atomic E-state index is 0.0524. The third-order valence-electron chi connectivity index (χ3n) is 7.68. The van der Waals surface area contributed by atoms with Crippen LogP contribution in [0.5, 0.6) is 0 Å². The molecule has 0 aliphatic carbocycles. The van der Waals surface area contributed by atoms with Crippen LogP contribution in [-0.2, 0) is 32.4 Å². The number of hydrogen-bond acceptors (Lipinski definition) is 7. The number of piperidine rings is 1. The number of ether oxygens (including phenoxy) is 1. The maximum atomic E-state index is 13.6. The van der Waals surface area contributed by atoms with Crippen LogP contribution in [0.4, 0.5) is 4.79 Å². The Balaban J connectivity index is 1.51. The molecule has 3 aromatic rings. The van der Waals surface area contributed by atoms with E-state index in [1.807, 2.05) is 86.3 Å². The summed E-state index contributed by atoms with van der Waals surface area (Å²) < 4.78 is 32.4. The van der Waals surface area contributed by atoms with Gasteiger partial charge in [-0.15, -0.1) is 0 Å². The zero-order valence-corrected chi connectivity index (χ0v) is 26.4. The van der Waals surface area contributed by atoms with Crippen LogP contribution in [0.3, 0.4) is 0 Å². The Hall–Kier alpha value is -3.73. The summed E-state index contributed by atoms with van der Waals surface area (Å²) in [5, 5.41) is 16.6. The van der Waals surface area contributed by atoms with E-state index in [1.54, 1.807) is 30.3 Å². The lowest BCUT2D eigenvalue weighted by atomic mass is 9.96. The van der Waals surface area contributed by atoms with Crippen LogP contribution in [0.2, 0.25) is 0 Å². The molecule has 1 aliphatic rings. The van der Waals surface area contributed by atoms with E-state index in [0.717, 1.165) is 11.1 Å². The fraction of sp³-hybridized carbons (Fsp3) is 0.412. The molecule has 1 aliphatic heterocycles. The van der Waals surface area contributed by atoms with E-state index >= 15 is 0 Å². The number of hydrogen-bond donors (Lipinski definition) is 3. The fourth-order valence-corrected chi connectivity index (χ4v) is 7.22. The SMILES string of the molecule is CC(C)(C)NC(=O)[C@@H]1C[C@H](S(=O)(=O)c2ccccc2)CCN1C[C@@H](O)[C@H](Cc1ccccc1)NC(=O)OCc1ccccc1. The van der Waals surface area contributed by atoms with Gasteiger partial charge in [0.05, 0.1) is 28.3 Å². The van der Waals surface area contributed by atoms with Gasteiger partial charge in [0.2, 0.25) is 5.91 Å². The number of sulfone groups is 1. The molecule has 1 saturated heterocycles. The molecular formula is C34H43N3O6S. The summed E-state index contributed by atoms with van der Waals surface area (Å²) in [6.07, 6.45) is -1.02. The van der Waals surface area contributed by atoms with Crippen LogP contribution < -0.4 is 10.6 Å². The molecule has 4 rings (SSSR count). The first-order valence-corrected chi connectivity index (χ1v) is 16.5. The number of aliphatic hydroxyl groups excluding tert-OH is 1. The highest BCUT2D eigenvalue weighted by molar-refractivity contribution is 7.92. The van der Waals surface area contributed by atoms with Crippen LogP contribution in [0, 0.1) is 0 Å². The summed E-state index contributed by atoms with van der Waals surface area (Å²) >= 11 is 0. The van der Waals surface area contributed by atoms with E-state index in [2.05, 4.69) is 10.6 Å². The quantitative estimate of drug-likeness (QED) is 0.294. The minimum Gasteiger partial charge on any atom is -0.445 e. The topological polar surface area (TPSA) is 125 Å². The molecule has 1 heterocycles. The lowest BCUT2D eigenvalue weighted by Crippen LogP contribution is -2.59. The number of carbonyl (C=O) groups excluding carboxylic acids is 2. The first kappa shape index (κ1) is 33.2. The molecule has 0 saturated carbocycles. The Bertz CT molecular complexity index is 1460. The number of alkyl carbamates (subject to hydrolysis) is 1. The van der Waals surface area contributed by atoms with Crippen molar-refractivity contribution in [3.05, 3.63) is 102 Å². The van der Waals surface area contributed by atoms with Crippen molar-refractivity contribution in [2.24, 2.45) is 0 Å². The number of likely N-dealkylation sites (tertiary alicyclic amines) is 1. The summed E-state index contributed by atoms with van der Waals surface area (Å²) in [5.41, 5.74) is 1.21. The summed E-state index contributed by atoms with van der Waals surface area (Å²) in [4.78, 5) is 28.5. The first-order valence-electron chi connectivity index (χ1n) is 15.0. The van der Waals surface area contributed by atoms with Crippen LogP contribution in [-0.4, -0.2) is 72.5 Å². The second-order valence-corrected chi connectivity index (χ2v) is 14.6. The van der Waals surface area contributed by atoms with Crippen molar-refractivity contribution < 1.29 is 27.9 Å². The van der Waals surface area contributed by atoms with Crippen LogP contribution >= 0.6 is 0 Å². The van der Waals surface area contributed by atoms with Crippen molar-refractivity contribution in [1.29, 1.82) is 0 Å². The van der Waals surface area contributed by atoms with Crippen molar-refractivity contribution in [2.75, 3.05) is 13.1 Å². The molecule has 236 valence electrons. The van der Waals surface area contributed by atoms with Gasteiger partial charge in [-0.2, -0.15) is 0 Å². The average molecular weight is 622 g/mol. The Labute approximate surface area is 260 Å². The number of benzene rings is 3. The predicted octanol–water partition coefficient (Wildman–Crippen LogP) is 4.11. The summed E-state index contributed by atoms with van der Waals surface area (Å²) in [6, 6.07) is 25.6. The summed E-state index contributed by atoms with van der Waals surface area (Å²) in [5.74, 6) is -0.299. The molecule has 2 amide bonds. The van der Waals surface area contributed by atoms with Crippen molar-refractivity contribution in [3.8, 4) is 0 Å². The number of rotatable bonds is 11. The Kier molecular flexibility index (Phi) is 11.2. The largest absolute Gasteiger partial charge is 0.445 e. The van der Waals surface area contributed by atoms with Gasteiger partial charge in [-0.25, -0.2) is 13.2 Å². The molecule has 0 bridgehead atoms. The Morgan fingerprint density at radius 3 is 2.09 bits per heavy atom. The zero-order valence-electron chi connectivity index (χ0n) is 25.6. The molecule has 9 nitrogen and oxygen atoms in total.